The SMILES string of the molecule is CCOc1ccc(-c2nnc([C@H]3C[C@H](NC(=O)c4ccc(F)cc4)C3)n2-c2ccccc2)nc1. The van der Waals surface area contributed by atoms with E-state index in [1.807, 2.05) is 54.0 Å². The first kappa shape index (κ1) is 21.8. The van der Waals surface area contributed by atoms with Crippen LogP contribution in [0.3, 0.4) is 0 Å². The van der Waals surface area contributed by atoms with Crippen LogP contribution in [0.25, 0.3) is 17.2 Å². The fraction of sp³-hybridized carbons (Fsp3) is 0.231. The van der Waals surface area contributed by atoms with Crippen molar-refractivity contribution in [3.63, 3.8) is 0 Å². The number of amides is 1. The molecule has 2 heterocycles. The molecule has 0 spiro atoms. The van der Waals surface area contributed by atoms with Gasteiger partial charge in [-0.3, -0.25) is 9.36 Å². The van der Waals surface area contributed by atoms with Gasteiger partial charge >= 0.3 is 0 Å². The first-order valence-corrected chi connectivity index (χ1v) is 11.3. The Morgan fingerprint density at radius 2 is 1.82 bits per heavy atom. The van der Waals surface area contributed by atoms with Gasteiger partial charge in [0.25, 0.3) is 5.91 Å². The van der Waals surface area contributed by atoms with Crippen LogP contribution in [0.15, 0.2) is 72.9 Å². The fourth-order valence-electron chi connectivity index (χ4n) is 4.14. The maximum absolute atomic E-state index is 13.1. The number of pyridine rings is 1. The molecule has 1 aliphatic rings. The Morgan fingerprint density at radius 1 is 1.06 bits per heavy atom. The minimum Gasteiger partial charge on any atom is -0.492 e. The normalized spacial score (nSPS) is 17.1. The highest BCUT2D eigenvalue weighted by Crippen LogP contribution is 2.38. The first-order chi connectivity index (χ1) is 16.6. The maximum Gasteiger partial charge on any atom is 0.251 e. The molecule has 0 radical (unpaired) electrons. The molecule has 1 fully saturated rings. The van der Waals surface area contributed by atoms with E-state index in [0.717, 1.165) is 24.4 Å². The molecule has 1 amide bonds. The van der Waals surface area contributed by atoms with Crippen molar-refractivity contribution in [2.75, 3.05) is 6.61 Å². The summed E-state index contributed by atoms with van der Waals surface area (Å²) in [6, 6.07) is 19.3. The van der Waals surface area contributed by atoms with Gasteiger partial charge in [0.1, 0.15) is 23.1 Å². The molecule has 8 heteroatoms. The number of carbonyl (C=O) groups is 1. The summed E-state index contributed by atoms with van der Waals surface area (Å²) in [5, 5.41) is 12.0. The van der Waals surface area contributed by atoms with Crippen molar-refractivity contribution in [1.29, 1.82) is 0 Å². The predicted molar refractivity (Wildman–Crippen MR) is 125 cm³/mol. The fourth-order valence-corrected chi connectivity index (χ4v) is 4.14. The van der Waals surface area contributed by atoms with Crippen molar-refractivity contribution in [1.82, 2.24) is 25.1 Å². The summed E-state index contributed by atoms with van der Waals surface area (Å²) < 4.78 is 20.7. The third kappa shape index (κ3) is 4.39. The van der Waals surface area contributed by atoms with Crippen LogP contribution in [-0.2, 0) is 0 Å². The van der Waals surface area contributed by atoms with Gasteiger partial charge in [0.05, 0.1) is 12.8 Å². The van der Waals surface area contributed by atoms with Crippen molar-refractivity contribution in [2.24, 2.45) is 0 Å². The van der Waals surface area contributed by atoms with Gasteiger partial charge in [-0.1, -0.05) is 18.2 Å². The smallest absolute Gasteiger partial charge is 0.251 e. The lowest BCUT2D eigenvalue weighted by Crippen LogP contribution is -2.44. The second-order valence-electron chi connectivity index (χ2n) is 8.21. The Labute approximate surface area is 196 Å². The maximum atomic E-state index is 13.1. The number of halogens is 1. The van der Waals surface area contributed by atoms with Crippen molar-refractivity contribution >= 4 is 5.91 Å². The van der Waals surface area contributed by atoms with Gasteiger partial charge in [-0.15, -0.1) is 10.2 Å². The molecule has 0 saturated heterocycles. The Hall–Kier alpha value is -4.07. The monoisotopic (exact) mass is 457 g/mol. The quantitative estimate of drug-likeness (QED) is 0.441. The van der Waals surface area contributed by atoms with Gasteiger partial charge in [-0.05, 0) is 68.3 Å². The highest BCUT2D eigenvalue weighted by atomic mass is 19.1. The summed E-state index contributed by atoms with van der Waals surface area (Å²) in [7, 11) is 0. The van der Waals surface area contributed by atoms with E-state index in [0.29, 0.717) is 29.4 Å². The van der Waals surface area contributed by atoms with Crippen molar-refractivity contribution in [3.8, 4) is 23.0 Å². The van der Waals surface area contributed by atoms with E-state index in [1.165, 1.54) is 24.3 Å². The molecule has 34 heavy (non-hydrogen) atoms. The van der Waals surface area contributed by atoms with Crippen molar-refractivity contribution < 1.29 is 13.9 Å². The van der Waals surface area contributed by atoms with Crippen LogP contribution in [0.1, 0.15) is 41.9 Å². The average Bonchev–Trinajstić information content (AvgIpc) is 3.27. The molecule has 0 unspecified atom stereocenters. The van der Waals surface area contributed by atoms with E-state index in [1.54, 1.807) is 6.20 Å². The predicted octanol–water partition coefficient (Wildman–Crippen LogP) is 4.54. The number of benzene rings is 2. The molecule has 2 aromatic carbocycles. The van der Waals surface area contributed by atoms with Gasteiger partial charge in [-0.25, -0.2) is 9.37 Å². The number of carbonyl (C=O) groups excluding carboxylic acids is 1. The van der Waals surface area contributed by atoms with Crippen LogP contribution >= 0.6 is 0 Å². The molecule has 1 aliphatic carbocycles. The van der Waals surface area contributed by atoms with E-state index in [4.69, 9.17) is 4.74 Å². The van der Waals surface area contributed by atoms with Crippen LogP contribution < -0.4 is 10.1 Å². The number of rotatable bonds is 7. The van der Waals surface area contributed by atoms with Gasteiger partial charge in [-0.2, -0.15) is 0 Å². The summed E-state index contributed by atoms with van der Waals surface area (Å²) in [5.74, 6) is 1.77. The van der Waals surface area contributed by atoms with Crippen LogP contribution in [0.2, 0.25) is 0 Å². The Bertz CT molecular complexity index is 1270. The molecule has 1 saturated carbocycles. The lowest BCUT2D eigenvalue weighted by Gasteiger charge is -2.35. The Morgan fingerprint density at radius 3 is 2.50 bits per heavy atom. The second kappa shape index (κ2) is 9.43. The number of hydrogen-bond acceptors (Lipinski definition) is 5. The van der Waals surface area contributed by atoms with Crippen LogP contribution in [0.5, 0.6) is 5.75 Å². The second-order valence-corrected chi connectivity index (χ2v) is 8.21. The van der Waals surface area contributed by atoms with E-state index in [-0.39, 0.29) is 23.7 Å². The molecule has 7 nitrogen and oxygen atoms in total. The zero-order valence-electron chi connectivity index (χ0n) is 18.7. The molecule has 5 rings (SSSR count). The van der Waals surface area contributed by atoms with Crippen molar-refractivity contribution in [3.05, 3.63) is 90.1 Å². The molecule has 0 bridgehead atoms. The molecule has 0 atom stereocenters. The highest BCUT2D eigenvalue weighted by Gasteiger charge is 2.36. The number of aromatic nitrogens is 4. The summed E-state index contributed by atoms with van der Waals surface area (Å²) in [6.45, 7) is 2.51. The van der Waals surface area contributed by atoms with Gasteiger partial charge in [0.15, 0.2) is 5.82 Å². The van der Waals surface area contributed by atoms with Crippen LogP contribution in [-0.4, -0.2) is 38.3 Å². The zero-order valence-corrected chi connectivity index (χ0v) is 18.7. The number of nitrogens with one attached hydrogen (secondary N) is 1. The molecule has 172 valence electrons. The number of hydrogen-bond donors (Lipinski definition) is 1. The standard InChI is InChI=1S/C26H24FN5O2/c1-2-34-22-12-13-23(28-16-22)25-31-30-24(32(25)21-6-4-3-5-7-21)18-14-20(15-18)29-26(33)17-8-10-19(27)11-9-17/h3-13,16,18,20H,2,14-15H2,1H3,(H,29,33)/t18-,20-. The number of para-hydroxylation sites is 1. The minimum absolute atomic E-state index is 0.0236. The number of nitrogens with zero attached hydrogens (tertiary/aromatic N) is 4. The van der Waals surface area contributed by atoms with E-state index >= 15 is 0 Å². The molecule has 1 N–H and O–H groups in total. The summed E-state index contributed by atoms with van der Waals surface area (Å²) in [6.07, 6.45) is 3.18. The topological polar surface area (TPSA) is 81.9 Å². The summed E-state index contributed by atoms with van der Waals surface area (Å²) in [4.78, 5) is 17.0. The first-order valence-electron chi connectivity index (χ1n) is 11.3. The van der Waals surface area contributed by atoms with Crippen molar-refractivity contribution in [2.45, 2.75) is 31.7 Å². The molecule has 2 aromatic heterocycles. The summed E-state index contributed by atoms with van der Waals surface area (Å²) in [5.41, 5.74) is 2.10. The van der Waals surface area contributed by atoms with Crippen LogP contribution in [0.4, 0.5) is 4.39 Å². The highest BCUT2D eigenvalue weighted by molar-refractivity contribution is 5.94. The van der Waals surface area contributed by atoms with Gasteiger partial charge < -0.3 is 10.1 Å². The lowest BCUT2D eigenvalue weighted by molar-refractivity contribution is 0.0907. The van der Waals surface area contributed by atoms with E-state index in [9.17, 15) is 9.18 Å². The average molecular weight is 458 g/mol. The third-order valence-electron chi connectivity index (χ3n) is 5.92. The number of ether oxygens (including phenoxy) is 1. The molecule has 4 aromatic rings. The molecule has 0 aliphatic heterocycles. The molecular formula is C26H24FN5O2. The van der Waals surface area contributed by atoms with Gasteiger partial charge in [0.2, 0.25) is 0 Å². The third-order valence-corrected chi connectivity index (χ3v) is 5.92. The van der Waals surface area contributed by atoms with Crippen LogP contribution in [0, 0.1) is 5.82 Å². The van der Waals surface area contributed by atoms with Gasteiger partial charge in [0, 0.05) is 23.2 Å². The minimum atomic E-state index is -0.363. The summed E-state index contributed by atoms with van der Waals surface area (Å²) >= 11 is 0. The largest absolute Gasteiger partial charge is 0.492 e. The van der Waals surface area contributed by atoms with E-state index in [2.05, 4.69) is 20.5 Å². The Kier molecular flexibility index (Phi) is 6.03. The molecular weight excluding hydrogens is 433 g/mol. The zero-order chi connectivity index (χ0) is 23.5. The lowest BCUT2D eigenvalue weighted by atomic mass is 9.79. The Balaban J connectivity index is 1.36. The van der Waals surface area contributed by atoms with E-state index < -0.39 is 0 Å².